The van der Waals surface area contributed by atoms with Gasteiger partial charge in [0.15, 0.2) is 0 Å². The Balaban J connectivity index is 1.30. The van der Waals surface area contributed by atoms with Crippen LogP contribution in [0.1, 0.15) is 31.8 Å². The molecule has 3 amide bonds. The number of hydrogen-bond acceptors (Lipinski definition) is 5. The molecule has 1 N–H and O–H groups in total. The van der Waals surface area contributed by atoms with Crippen LogP contribution in [0.5, 0.6) is 0 Å². The zero-order valence-electron chi connectivity index (χ0n) is 16.2. The number of fused-ring (bicyclic) bond motifs is 2. The molecular weight excluding hydrogens is 406 g/mol. The van der Waals surface area contributed by atoms with Crippen LogP contribution in [-0.2, 0) is 27.8 Å². The predicted octanol–water partition coefficient (Wildman–Crippen LogP) is 0.787. The predicted molar refractivity (Wildman–Crippen MR) is 109 cm³/mol. The third-order valence-electron chi connectivity index (χ3n) is 5.35. The molecule has 0 bridgehead atoms. The molecular formula is C21H21N3O5S. The van der Waals surface area contributed by atoms with E-state index in [0.717, 1.165) is 16.0 Å². The Morgan fingerprint density at radius 3 is 2.20 bits per heavy atom. The van der Waals surface area contributed by atoms with Crippen molar-refractivity contribution in [3.63, 3.8) is 0 Å². The first-order chi connectivity index (χ1) is 14.4. The van der Waals surface area contributed by atoms with Crippen molar-refractivity contribution in [3.05, 3.63) is 70.8 Å². The minimum absolute atomic E-state index is 0.0948. The standard InChI is InChI=1S/C21H21N3O5S/c25-19(14-24-20(26)17-7-3-4-8-18(17)21(24)27)22-10-12-30(28,29)23-11-9-15-5-1-2-6-16(15)13-23/h1-8H,9-14H2,(H,22,25). The van der Waals surface area contributed by atoms with Gasteiger partial charge in [-0.1, -0.05) is 36.4 Å². The zero-order chi connectivity index (χ0) is 21.3. The fourth-order valence-corrected chi connectivity index (χ4v) is 5.06. The van der Waals surface area contributed by atoms with Gasteiger partial charge in [0.2, 0.25) is 15.9 Å². The average molecular weight is 427 g/mol. The number of amides is 3. The van der Waals surface area contributed by atoms with Crippen molar-refractivity contribution in [2.24, 2.45) is 0 Å². The lowest BCUT2D eigenvalue weighted by Gasteiger charge is -2.28. The van der Waals surface area contributed by atoms with Crippen LogP contribution in [0, 0.1) is 0 Å². The minimum Gasteiger partial charge on any atom is -0.353 e. The summed E-state index contributed by atoms with van der Waals surface area (Å²) < 4.78 is 26.7. The molecule has 0 saturated carbocycles. The Morgan fingerprint density at radius 2 is 1.53 bits per heavy atom. The molecule has 30 heavy (non-hydrogen) atoms. The van der Waals surface area contributed by atoms with Crippen molar-refractivity contribution in [1.82, 2.24) is 14.5 Å². The van der Waals surface area contributed by atoms with E-state index in [1.54, 1.807) is 12.1 Å². The summed E-state index contributed by atoms with van der Waals surface area (Å²) in [4.78, 5) is 37.7. The van der Waals surface area contributed by atoms with Crippen LogP contribution in [0.4, 0.5) is 0 Å². The summed E-state index contributed by atoms with van der Waals surface area (Å²) in [7, 11) is -3.54. The molecule has 0 unspecified atom stereocenters. The lowest BCUT2D eigenvalue weighted by molar-refractivity contribution is -0.121. The summed E-state index contributed by atoms with van der Waals surface area (Å²) in [5.41, 5.74) is 2.67. The molecule has 8 nitrogen and oxygen atoms in total. The second-order valence-electron chi connectivity index (χ2n) is 7.26. The monoisotopic (exact) mass is 427 g/mol. The number of carbonyl (C=O) groups excluding carboxylic acids is 3. The van der Waals surface area contributed by atoms with E-state index in [4.69, 9.17) is 0 Å². The zero-order valence-corrected chi connectivity index (χ0v) is 17.0. The molecule has 0 atom stereocenters. The quantitative estimate of drug-likeness (QED) is 0.687. The molecule has 2 aliphatic heterocycles. The molecule has 0 aliphatic carbocycles. The Bertz CT molecular complexity index is 1090. The van der Waals surface area contributed by atoms with Gasteiger partial charge in [-0.3, -0.25) is 19.3 Å². The van der Waals surface area contributed by atoms with Crippen molar-refractivity contribution in [2.75, 3.05) is 25.4 Å². The number of nitrogens with zero attached hydrogens (tertiary/aromatic N) is 2. The molecule has 0 fully saturated rings. The van der Waals surface area contributed by atoms with Gasteiger partial charge in [-0.2, -0.15) is 4.31 Å². The molecule has 2 heterocycles. The summed E-state index contributed by atoms with van der Waals surface area (Å²) in [5, 5.41) is 2.50. The van der Waals surface area contributed by atoms with Gasteiger partial charge in [-0.05, 0) is 29.7 Å². The molecule has 156 valence electrons. The van der Waals surface area contributed by atoms with Gasteiger partial charge < -0.3 is 5.32 Å². The third kappa shape index (κ3) is 3.86. The van der Waals surface area contributed by atoms with Crippen LogP contribution >= 0.6 is 0 Å². The van der Waals surface area contributed by atoms with Gasteiger partial charge >= 0.3 is 0 Å². The van der Waals surface area contributed by atoms with Gasteiger partial charge in [0.25, 0.3) is 11.8 Å². The lowest BCUT2D eigenvalue weighted by Crippen LogP contribution is -2.43. The van der Waals surface area contributed by atoms with Crippen LogP contribution in [0.2, 0.25) is 0 Å². The van der Waals surface area contributed by atoms with Crippen molar-refractivity contribution in [1.29, 1.82) is 0 Å². The Kier molecular flexibility index (Phi) is 5.40. The van der Waals surface area contributed by atoms with Crippen LogP contribution in [0.25, 0.3) is 0 Å². The number of hydrogen-bond donors (Lipinski definition) is 1. The highest BCUT2D eigenvalue weighted by molar-refractivity contribution is 7.89. The third-order valence-corrected chi connectivity index (χ3v) is 7.17. The number of carbonyl (C=O) groups is 3. The van der Waals surface area contributed by atoms with Crippen molar-refractivity contribution >= 4 is 27.7 Å². The number of benzene rings is 2. The summed E-state index contributed by atoms with van der Waals surface area (Å²) >= 11 is 0. The lowest BCUT2D eigenvalue weighted by atomic mass is 10.0. The first-order valence-electron chi connectivity index (χ1n) is 9.63. The number of rotatable bonds is 6. The summed E-state index contributed by atoms with van der Waals surface area (Å²) in [5.74, 6) is -1.87. The van der Waals surface area contributed by atoms with Gasteiger partial charge in [-0.25, -0.2) is 8.42 Å². The van der Waals surface area contributed by atoms with Crippen LogP contribution in [-0.4, -0.2) is 60.7 Å². The number of nitrogens with one attached hydrogen (secondary N) is 1. The summed E-state index contributed by atoms with van der Waals surface area (Å²) in [6.07, 6.45) is 0.654. The molecule has 2 aliphatic rings. The van der Waals surface area contributed by atoms with Gasteiger partial charge in [-0.15, -0.1) is 0 Å². The maximum absolute atomic E-state index is 12.6. The van der Waals surface area contributed by atoms with Crippen molar-refractivity contribution in [2.45, 2.75) is 13.0 Å². The number of imide groups is 1. The van der Waals surface area contributed by atoms with Crippen LogP contribution in [0.3, 0.4) is 0 Å². The van der Waals surface area contributed by atoms with E-state index in [2.05, 4.69) is 5.32 Å². The average Bonchev–Trinajstić information content (AvgIpc) is 2.98. The molecule has 0 aromatic heterocycles. The van der Waals surface area contributed by atoms with Crippen LogP contribution < -0.4 is 5.32 Å². The summed E-state index contributed by atoms with van der Waals surface area (Å²) in [6.45, 7) is 0.190. The van der Waals surface area contributed by atoms with E-state index in [-0.39, 0.29) is 23.4 Å². The van der Waals surface area contributed by atoms with Gasteiger partial charge in [0.1, 0.15) is 6.54 Å². The molecule has 4 rings (SSSR count). The number of sulfonamides is 1. The van der Waals surface area contributed by atoms with E-state index in [0.29, 0.717) is 19.5 Å². The topological polar surface area (TPSA) is 104 Å². The van der Waals surface area contributed by atoms with E-state index in [1.165, 1.54) is 16.4 Å². The van der Waals surface area contributed by atoms with Crippen LogP contribution in [0.15, 0.2) is 48.5 Å². The molecule has 0 spiro atoms. The largest absolute Gasteiger partial charge is 0.353 e. The fraction of sp³-hybridized carbons (Fsp3) is 0.286. The molecule has 0 radical (unpaired) electrons. The normalized spacial score (nSPS) is 16.3. The van der Waals surface area contributed by atoms with E-state index >= 15 is 0 Å². The second-order valence-corrected chi connectivity index (χ2v) is 9.35. The SMILES string of the molecule is O=C(CN1C(=O)c2ccccc2C1=O)NCCS(=O)(=O)N1CCc2ccccc2C1. The highest BCUT2D eigenvalue weighted by atomic mass is 32.2. The van der Waals surface area contributed by atoms with Gasteiger partial charge in [0, 0.05) is 19.6 Å². The fourth-order valence-electron chi connectivity index (χ4n) is 3.74. The Labute approximate surface area is 174 Å². The highest BCUT2D eigenvalue weighted by Gasteiger charge is 2.36. The Hall–Kier alpha value is -3.04. The molecule has 2 aromatic rings. The Morgan fingerprint density at radius 1 is 0.933 bits per heavy atom. The summed E-state index contributed by atoms with van der Waals surface area (Å²) in [6, 6.07) is 14.1. The van der Waals surface area contributed by atoms with Crippen molar-refractivity contribution < 1.29 is 22.8 Å². The van der Waals surface area contributed by atoms with E-state index < -0.39 is 34.3 Å². The van der Waals surface area contributed by atoms with E-state index in [1.807, 2.05) is 24.3 Å². The van der Waals surface area contributed by atoms with E-state index in [9.17, 15) is 22.8 Å². The second kappa shape index (κ2) is 8.00. The first kappa shape index (κ1) is 20.2. The smallest absolute Gasteiger partial charge is 0.262 e. The minimum atomic E-state index is -3.54. The van der Waals surface area contributed by atoms with Crippen molar-refractivity contribution in [3.8, 4) is 0 Å². The maximum atomic E-state index is 12.6. The van der Waals surface area contributed by atoms with Gasteiger partial charge in [0.05, 0.1) is 16.9 Å². The molecule has 0 saturated heterocycles. The first-order valence-corrected chi connectivity index (χ1v) is 11.2. The molecule has 2 aromatic carbocycles. The maximum Gasteiger partial charge on any atom is 0.262 e. The highest BCUT2D eigenvalue weighted by Crippen LogP contribution is 2.22. The molecule has 9 heteroatoms.